The molecule has 1 spiro atoms. The minimum absolute atomic E-state index is 0.0493. The number of aryl methyl sites for hydroxylation is 1. The van der Waals surface area contributed by atoms with Crippen LogP contribution in [0.25, 0.3) is 0 Å². The molecule has 1 aliphatic carbocycles. The second-order valence-electron chi connectivity index (χ2n) is 10.5. The van der Waals surface area contributed by atoms with Crippen LogP contribution in [0.3, 0.4) is 0 Å². The van der Waals surface area contributed by atoms with E-state index < -0.39 is 5.60 Å². The quantitative estimate of drug-likeness (QED) is 0.250. The third-order valence-electron chi connectivity index (χ3n) is 7.83. The minimum atomic E-state index is -0.773. The monoisotopic (exact) mass is 443 g/mol. The summed E-state index contributed by atoms with van der Waals surface area (Å²) in [6.07, 6.45) is 18.0. The number of benzene rings is 1. The van der Waals surface area contributed by atoms with Crippen molar-refractivity contribution in [1.29, 1.82) is 0 Å². The van der Waals surface area contributed by atoms with Crippen molar-refractivity contribution >= 4 is 5.91 Å². The Bertz CT molecular complexity index is 748. The summed E-state index contributed by atoms with van der Waals surface area (Å²) in [5.74, 6) is 1.61. The largest absolute Gasteiger partial charge is 0.508 e. The molecule has 0 aromatic heterocycles. The molecule has 1 amide bonds. The van der Waals surface area contributed by atoms with E-state index in [2.05, 4.69) is 19.2 Å². The van der Waals surface area contributed by atoms with Crippen molar-refractivity contribution in [2.45, 2.75) is 128 Å². The van der Waals surface area contributed by atoms with Crippen LogP contribution < -0.4 is 10.1 Å². The molecule has 0 bridgehead atoms. The van der Waals surface area contributed by atoms with Crippen molar-refractivity contribution in [3.05, 3.63) is 23.8 Å². The van der Waals surface area contributed by atoms with E-state index in [1.807, 2.05) is 13.0 Å². The van der Waals surface area contributed by atoms with Crippen molar-refractivity contribution in [3.63, 3.8) is 0 Å². The lowest BCUT2D eigenvalue weighted by atomic mass is 9.59. The Labute approximate surface area is 195 Å². The van der Waals surface area contributed by atoms with Gasteiger partial charge in [-0.2, -0.15) is 0 Å². The number of ether oxygens (including phenoxy) is 1. The smallest absolute Gasteiger partial charge is 0.267 e. The first-order chi connectivity index (χ1) is 15.4. The lowest BCUT2D eigenvalue weighted by Gasteiger charge is -2.60. The molecule has 0 radical (unpaired) electrons. The SMILES string of the molecule is CCCCCCCCCCCCC1(Oc2ccc(O)c(C)c2)C(=O)NC12CCCC(C)C2. The molecule has 4 heteroatoms. The fourth-order valence-corrected chi connectivity index (χ4v) is 5.91. The van der Waals surface area contributed by atoms with Gasteiger partial charge in [-0.3, -0.25) is 4.79 Å². The normalized spacial score (nSPS) is 27.2. The Hall–Kier alpha value is -1.71. The standard InChI is InChI=1S/C28H45NO3/c1-4-5-6-7-8-9-10-11-12-13-19-28(32-24-16-17-25(30)23(3)20-24)26(31)29-27(28)18-14-15-22(2)21-27/h16-17,20,22,30H,4-15,18-19,21H2,1-3H3,(H,29,31). The van der Waals surface area contributed by atoms with Gasteiger partial charge in [-0.25, -0.2) is 0 Å². The molecular formula is C28H45NO3. The van der Waals surface area contributed by atoms with Gasteiger partial charge in [-0.15, -0.1) is 0 Å². The summed E-state index contributed by atoms with van der Waals surface area (Å²) in [6.45, 7) is 6.43. The van der Waals surface area contributed by atoms with Gasteiger partial charge in [0.25, 0.3) is 5.91 Å². The summed E-state index contributed by atoms with van der Waals surface area (Å²) in [4.78, 5) is 13.1. The first-order valence-corrected chi connectivity index (χ1v) is 13.2. The van der Waals surface area contributed by atoms with Gasteiger partial charge in [-0.1, -0.05) is 84.5 Å². The lowest BCUT2D eigenvalue weighted by molar-refractivity contribution is -0.178. The van der Waals surface area contributed by atoms with Crippen molar-refractivity contribution in [1.82, 2.24) is 5.32 Å². The van der Waals surface area contributed by atoms with E-state index in [1.165, 1.54) is 57.8 Å². The van der Waals surface area contributed by atoms with Gasteiger partial charge in [0.05, 0.1) is 5.54 Å². The topological polar surface area (TPSA) is 58.6 Å². The number of carbonyl (C=O) groups is 1. The van der Waals surface area contributed by atoms with Crippen molar-refractivity contribution < 1.29 is 14.6 Å². The number of hydrogen-bond acceptors (Lipinski definition) is 3. The molecule has 2 N–H and O–H groups in total. The summed E-state index contributed by atoms with van der Waals surface area (Å²) in [7, 11) is 0. The zero-order valence-electron chi connectivity index (χ0n) is 20.7. The predicted molar refractivity (Wildman–Crippen MR) is 131 cm³/mol. The Morgan fingerprint density at radius 1 is 1.06 bits per heavy atom. The third kappa shape index (κ3) is 5.61. The van der Waals surface area contributed by atoms with Gasteiger partial charge in [-0.05, 0) is 62.3 Å². The fraction of sp³-hybridized carbons (Fsp3) is 0.750. The maximum atomic E-state index is 13.1. The molecule has 32 heavy (non-hydrogen) atoms. The number of carbonyl (C=O) groups excluding carboxylic acids is 1. The van der Waals surface area contributed by atoms with Gasteiger partial charge in [0, 0.05) is 0 Å². The van der Waals surface area contributed by atoms with E-state index in [9.17, 15) is 9.90 Å². The maximum Gasteiger partial charge on any atom is 0.267 e. The second kappa shape index (κ2) is 11.4. The molecule has 3 rings (SSSR count). The molecule has 1 saturated carbocycles. The fourth-order valence-electron chi connectivity index (χ4n) is 5.91. The maximum absolute atomic E-state index is 13.1. The van der Waals surface area contributed by atoms with E-state index in [1.54, 1.807) is 12.1 Å². The highest BCUT2D eigenvalue weighted by atomic mass is 16.5. The Morgan fingerprint density at radius 3 is 2.31 bits per heavy atom. The lowest BCUT2D eigenvalue weighted by Crippen LogP contribution is -2.84. The van der Waals surface area contributed by atoms with Crippen LogP contribution in [0.4, 0.5) is 0 Å². The van der Waals surface area contributed by atoms with E-state index in [0.29, 0.717) is 11.7 Å². The van der Waals surface area contributed by atoms with Crippen molar-refractivity contribution in [3.8, 4) is 11.5 Å². The predicted octanol–water partition coefficient (Wildman–Crippen LogP) is 7.21. The summed E-state index contributed by atoms with van der Waals surface area (Å²) in [5, 5.41) is 13.2. The van der Waals surface area contributed by atoms with Crippen LogP contribution in [-0.4, -0.2) is 22.2 Å². The van der Waals surface area contributed by atoms with Crippen LogP contribution >= 0.6 is 0 Å². The number of phenols is 1. The number of rotatable bonds is 13. The Kier molecular flexibility index (Phi) is 8.90. The molecule has 3 unspecified atom stereocenters. The molecule has 1 aromatic carbocycles. The molecular weight excluding hydrogens is 398 g/mol. The highest BCUT2D eigenvalue weighted by Crippen LogP contribution is 2.50. The average Bonchev–Trinajstić information content (AvgIpc) is 2.76. The zero-order valence-corrected chi connectivity index (χ0v) is 20.7. The number of hydrogen-bond donors (Lipinski definition) is 2. The van der Waals surface area contributed by atoms with Crippen LogP contribution in [0.15, 0.2) is 18.2 Å². The van der Waals surface area contributed by atoms with Gasteiger partial charge in [0.15, 0.2) is 0 Å². The molecule has 1 aromatic rings. The van der Waals surface area contributed by atoms with E-state index >= 15 is 0 Å². The second-order valence-corrected chi connectivity index (χ2v) is 10.5. The molecule has 2 aliphatic rings. The number of aromatic hydroxyl groups is 1. The van der Waals surface area contributed by atoms with Gasteiger partial charge in [0.1, 0.15) is 11.5 Å². The molecule has 1 heterocycles. The van der Waals surface area contributed by atoms with Crippen molar-refractivity contribution in [2.24, 2.45) is 5.92 Å². The summed E-state index contributed by atoms with van der Waals surface area (Å²) >= 11 is 0. The number of nitrogens with one attached hydrogen (secondary N) is 1. The van der Waals surface area contributed by atoms with Gasteiger partial charge in [0.2, 0.25) is 5.60 Å². The number of phenolic OH excluding ortho intramolecular Hbond substituents is 1. The van der Waals surface area contributed by atoms with Gasteiger partial charge < -0.3 is 15.2 Å². The Morgan fingerprint density at radius 2 is 1.72 bits per heavy atom. The zero-order chi connectivity index (χ0) is 23.0. The summed E-state index contributed by atoms with van der Waals surface area (Å²) in [5.41, 5.74) is -0.236. The molecule has 2 fully saturated rings. The van der Waals surface area contributed by atoms with Crippen LogP contribution in [0.2, 0.25) is 0 Å². The minimum Gasteiger partial charge on any atom is -0.508 e. The summed E-state index contributed by atoms with van der Waals surface area (Å²) in [6, 6.07) is 5.33. The molecule has 4 nitrogen and oxygen atoms in total. The summed E-state index contributed by atoms with van der Waals surface area (Å²) < 4.78 is 6.59. The van der Waals surface area contributed by atoms with Crippen LogP contribution in [0.1, 0.15) is 116 Å². The first kappa shape index (κ1) is 24.9. The van der Waals surface area contributed by atoms with E-state index in [4.69, 9.17) is 4.74 Å². The van der Waals surface area contributed by atoms with E-state index in [0.717, 1.165) is 44.1 Å². The molecule has 3 atom stereocenters. The highest BCUT2D eigenvalue weighted by Gasteiger charge is 2.68. The molecule has 1 aliphatic heterocycles. The molecule has 1 saturated heterocycles. The van der Waals surface area contributed by atoms with Crippen molar-refractivity contribution in [2.75, 3.05) is 0 Å². The highest BCUT2D eigenvalue weighted by molar-refractivity contribution is 5.95. The van der Waals surface area contributed by atoms with Gasteiger partial charge >= 0.3 is 0 Å². The molecule has 180 valence electrons. The van der Waals surface area contributed by atoms with Crippen LogP contribution in [0, 0.1) is 12.8 Å². The first-order valence-electron chi connectivity index (χ1n) is 13.2. The van der Waals surface area contributed by atoms with E-state index in [-0.39, 0.29) is 17.2 Å². The van der Waals surface area contributed by atoms with Crippen LogP contribution in [0.5, 0.6) is 11.5 Å². The van der Waals surface area contributed by atoms with Crippen LogP contribution in [-0.2, 0) is 4.79 Å². The average molecular weight is 444 g/mol. The third-order valence-corrected chi connectivity index (χ3v) is 7.83. The number of unbranched alkanes of at least 4 members (excludes halogenated alkanes) is 9. The number of amides is 1. The Balaban J connectivity index is 1.59. The number of β-lactam (4-membered cyclic amide) rings is 1.